The zero-order valence-electron chi connectivity index (χ0n) is 16.5. The monoisotopic (exact) mass is 377 g/mol. The Labute approximate surface area is 166 Å². The van der Waals surface area contributed by atoms with Crippen molar-refractivity contribution in [2.75, 3.05) is 45.3 Å². The van der Waals surface area contributed by atoms with Crippen LogP contribution in [0.2, 0.25) is 0 Å². The lowest BCUT2D eigenvalue weighted by atomic mass is 10.1. The largest absolute Gasteiger partial charge is 0.496 e. The first-order valence-electron chi connectivity index (χ1n) is 9.70. The Bertz CT molecular complexity index is 913. The second kappa shape index (κ2) is 8.40. The van der Waals surface area contributed by atoms with Crippen molar-refractivity contribution in [3.8, 4) is 22.8 Å². The van der Waals surface area contributed by atoms with Gasteiger partial charge in [0.2, 0.25) is 0 Å². The fourth-order valence-electron chi connectivity index (χ4n) is 3.84. The molecule has 0 aliphatic carbocycles. The lowest BCUT2D eigenvalue weighted by molar-refractivity contribution is 0.247. The standard InChI is InChI=1S/C23H27N3O2/c1-27-22-9-5-3-7-19(22)20-12-11-18(24-20)17-25-13-15-26(16-14-25)21-8-4-6-10-23(21)28-2/h3-12,24H,13-17H2,1-2H3. The van der Waals surface area contributed by atoms with E-state index in [1.54, 1.807) is 14.2 Å². The number of methoxy groups -OCH3 is 2. The number of aromatic nitrogens is 1. The molecular weight excluding hydrogens is 350 g/mol. The summed E-state index contributed by atoms with van der Waals surface area (Å²) in [5.74, 6) is 1.84. The molecular formula is C23H27N3O2. The van der Waals surface area contributed by atoms with Gasteiger partial charge in [0.15, 0.2) is 0 Å². The zero-order chi connectivity index (χ0) is 19.3. The Morgan fingerprint density at radius 3 is 2.21 bits per heavy atom. The van der Waals surface area contributed by atoms with E-state index in [-0.39, 0.29) is 0 Å². The minimum atomic E-state index is 0.890. The van der Waals surface area contributed by atoms with Crippen LogP contribution in [0.15, 0.2) is 60.7 Å². The van der Waals surface area contributed by atoms with Crippen molar-refractivity contribution in [3.63, 3.8) is 0 Å². The molecule has 0 radical (unpaired) electrons. The Morgan fingerprint density at radius 2 is 1.46 bits per heavy atom. The molecule has 4 rings (SSSR count). The summed E-state index contributed by atoms with van der Waals surface area (Å²) in [4.78, 5) is 8.45. The quantitative estimate of drug-likeness (QED) is 0.704. The summed E-state index contributed by atoms with van der Waals surface area (Å²) < 4.78 is 11.0. The van der Waals surface area contributed by atoms with Crippen LogP contribution in [0.3, 0.4) is 0 Å². The Kier molecular flexibility index (Phi) is 5.53. The minimum absolute atomic E-state index is 0.890. The van der Waals surface area contributed by atoms with Gasteiger partial charge >= 0.3 is 0 Å². The number of piperazine rings is 1. The maximum absolute atomic E-state index is 5.51. The van der Waals surface area contributed by atoms with Crippen LogP contribution in [-0.2, 0) is 6.54 Å². The molecule has 1 aliphatic heterocycles. The van der Waals surface area contributed by atoms with Crippen LogP contribution < -0.4 is 14.4 Å². The number of rotatable bonds is 6. The number of aromatic amines is 1. The van der Waals surface area contributed by atoms with Crippen molar-refractivity contribution >= 4 is 5.69 Å². The Morgan fingerprint density at radius 1 is 0.786 bits per heavy atom. The van der Waals surface area contributed by atoms with Gasteiger partial charge in [0, 0.05) is 49.7 Å². The fourth-order valence-corrected chi connectivity index (χ4v) is 3.84. The van der Waals surface area contributed by atoms with E-state index in [0.29, 0.717) is 0 Å². The number of nitrogens with one attached hydrogen (secondary N) is 1. The smallest absolute Gasteiger partial charge is 0.142 e. The lowest BCUT2D eigenvalue weighted by Crippen LogP contribution is -2.46. The maximum Gasteiger partial charge on any atom is 0.142 e. The fraction of sp³-hybridized carbons (Fsp3) is 0.304. The van der Waals surface area contributed by atoms with Crippen molar-refractivity contribution < 1.29 is 9.47 Å². The summed E-state index contributed by atoms with van der Waals surface area (Å²) in [7, 11) is 3.45. The van der Waals surface area contributed by atoms with Crippen molar-refractivity contribution in [2.24, 2.45) is 0 Å². The first-order valence-corrected chi connectivity index (χ1v) is 9.70. The molecule has 0 atom stereocenters. The normalized spacial score (nSPS) is 14.9. The molecule has 1 aliphatic rings. The summed E-state index contributed by atoms with van der Waals surface area (Å²) in [6.45, 7) is 4.98. The topological polar surface area (TPSA) is 40.7 Å². The number of ether oxygens (including phenoxy) is 2. The second-order valence-corrected chi connectivity index (χ2v) is 7.03. The maximum atomic E-state index is 5.51. The number of benzene rings is 2. The highest BCUT2D eigenvalue weighted by Crippen LogP contribution is 2.30. The third kappa shape index (κ3) is 3.85. The molecule has 2 heterocycles. The molecule has 1 aromatic heterocycles. The highest BCUT2D eigenvalue weighted by molar-refractivity contribution is 5.67. The molecule has 146 valence electrons. The van der Waals surface area contributed by atoms with Gasteiger partial charge in [0.1, 0.15) is 11.5 Å². The van der Waals surface area contributed by atoms with Crippen LogP contribution in [0.5, 0.6) is 11.5 Å². The third-order valence-corrected chi connectivity index (χ3v) is 5.34. The van der Waals surface area contributed by atoms with E-state index >= 15 is 0 Å². The Balaban J connectivity index is 1.39. The van der Waals surface area contributed by atoms with E-state index < -0.39 is 0 Å². The molecule has 0 spiro atoms. The van der Waals surface area contributed by atoms with Gasteiger partial charge in [0.05, 0.1) is 19.9 Å². The van der Waals surface area contributed by atoms with Gasteiger partial charge in [-0.1, -0.05) is 24.3 Å². The molecule has 1 fully saturated rings. The van der Waals surface area contributed by atoms with E-state index in [1.165, 1.54) is 11.4 Å². The summed E-state index contributed by atoms with van der Waals surface area (Å²) in [6.07, 6.45) is 0. The van der Waals surface area contributed by atoms with Crippen LogP contribution in [0.25, 0.3) is 11.3 Å². The molecule has 0 amide bonds. The average Bonchev–Trinajstić information content (AvgIpc) is 3.22. The molecule has 0 bridgehead atoms. The summed E-state index contributed by atoms with van der Waals surface area (Å²) in [6, 6.07) is 20.7. The van der Waals surface area contributed by atoms with E-state index in [2.05, 4.69) is 45.1 Å². The van der Waals surface area contributed by atoms with Gasteiger partial charge in [0.25, 0.3) is 0 Å². The number of hydrogen-bond acceptors (Lipinski definition) is 4. The first kappa shape index (κ1) is 18.4. The number of para-hydroxylation sites is 3. The molecule has 0 unspecified atom stereocenters. The molecule has 5 heteroatoms. The van der Waals surface area contributed by atoms with E-state index in [1.807, 2.05) is 30.3 Å². The highest BCUT2D eigenvalue weighted by atomic mass is 16.5. The SMILES string of the molecule is COc1ccccc1-c1ccc(CN2CCN(c3ccccc3OC)CC2)[nH]1. The van der Waals surface area contributed by atoms with Crippen LogP contribution in [0, 0.1) is 0 Å². The third-order valence-electron chi connectivity index (χ3n) is 5.34. The zero-order valence-corrected chi connectivity index (χ0v) is 16.5. The number of anilines is 1. The van der Waals surface area contributed by atoms with Crippen LogP contribution >= 0.6 is 0 Å². The second-order valence-electron chi connectivity index (χ2n) is 7.03. The van der Waals surface area contributed by atoms with Crippen molar-refractivity contribution in [2.45, 2.75) is 6.54 Å². The van der Waals surface area contributed by atoms with Crippen molar-refractivity contribution in [1.29, 1.82) is 0 Å². The molecule has 28 heavy (non-hydrogen) atoms. The van der Waals surface area contributed by atoms with Gasteiger partial charge in [-0.2, -0.15) is 0 Å². The van der Waals surface area contributed by atoms with E-state index in [4.69, 9.17) is 9.47 Å². The average molecular weight is 377 g/mol. The van der Waals surface area contributed by atoms with Gasteiger partial charge in [-0.15, -0.1) is 0 Å². The Hall–Kier alpha value is -2.92. The molecule has 0 saturated carbocycles. The predicted octanol–water partition coefficient (Wildman–Crippen LogP) is 4.02. The summed E-state index contributed by atoms with van der Waals surface area (Å²) in [5.41, 5.74) is 4.60. The van der Waals surface area contributed by atoms with Gasteiger partial charge in [-0.3, -0.25) is 4.90 Å². The summed E-state index contributed by atoms with van der Waals surface area (Å²) in [5, 5.41) is 0. The van der Waals surface area contributed by atoms with Crippen LogP contribution in [0.1, 0.15) is 5.69 Å². The molecule has 3 aromatic rings. The van der Waals surface area contributed by atoms with Crippen LogP contribution in [-0.4, -0.2) is 50.3 Å². The van der Waals surface area contributed by atoms with E-state index in [9.17, 15) is 0 Å². The lowest BCUT2D eigenvalue weighted by Gasteiger charge is -2.36. The van der Waals surface area contributed by atoms with E-state index in [0.717, 1.165) is 55.5 Å². The molecule has 2 aromatic carbocycles. The molecule has 1 N–H and O–H groups in total. The number of nitrogens with zero attached hydrogens (tertiary/aromatic N) is 2. The summed E-state index contributed by atoms with van der Waals surface area (Å²) >= 11 is 0. The first-order chi connectivity index (χ1) is 13.8. The van der Waals surface area contributed by atoms with Gasteiger partial charge in [-0.25, -0.2) is 0 Å². The van der Waals surface area contributed by atoms with Crippen molar-refractivity contribution in [1.82, 2.24) is 9.88 Å². The van der Waals surface area contributed by atoms with Gasteiger partial charge in [-0.05, 0) is 36.4 Å². The van der Waals surface area contributed by atoms with Gasteiger partial charge < -0.3 is 19.4 Å². The van der Waals surface area contributed by atoms with Crippen LogP contribution in [0.4, 0.5) is 5.69 Å². The number of H-pyrrole nitrogens is 1. The number of hydrogen-bond donors (Lipinski definition) is 1. The molecule has 5 nitrogen and oxygen atoms in total. The minimum Gasteiger partial charge on any atom is -0.496 e. The highest BCUT2D eigenvalue weighted by Gasteiger charge is 2.20. The van der Waals surface area contributed by atoms with Crippen molar-refractivity contribution in [3.05, 3.63) is 66.4 Å². The predicted molar refractivity (Wildman–Crippen MR) is 113 cm³/mol. The molecule has 1 saturated heterocycles.